The van der Waals surface area contributed by atoms with Crippen LogP contribution in [0.25, 0.3) is 11.8 Å². The first kappa shape index (κ1) is 24.4. The Morgan fingerprint density at radius 1 is 1.28 bits per heavy atom. The minimum atomic E-state index is -0.552. The second kappa shape index (κ2) is 9.64. The largest absolute Gasteiger partial charge is 0.378 e. The fourth-order valence-electron chi connectivity index (χ4n) is 4.27. The van der Waals surface area contributed by atoms with Crippen LogP contribution in [0.5, 0.6) is 0 Å². The highest BCUT2D eigenvalue weighted by atomic mass is 35.5. The molecule has 0 radical (unpaired) electrons. The Morgan fingerprint density at radius 3 is 2.75 bits per heavy atom. The summed E-state index contributed by atoms with van der Waals surface area (Å²) in [6, 6.07) is 6.33. The molecule has 0 atom stereocenters. The number of benzene rings is 1. The van der Waals surface area contributed by atoms with Crippen LogP contribution in [0.3, 0.4) is 0 Å². The van der Waals surface area contributed by atoms with Crippen LogP contribution >= 0.6 is 23.4 Å². The molecule has 0 spiro atoms. The van der Waals surface area contributed by atoms with E-state index in [1.54, 1.807) is 17.0 Å². The van der Waals surface area contributed by atoms with E-state index in [1.165, 1.54) is 17.1 Å². The number of ether oxygens (including phenoxy) is 1. The van der Waals surface area contributed by atoms with Gasteiger partial charge < -0.3 is 14.2 Å². The summed E-state index contributed by atoms with van der Waals surface area (Å²) in [4.78, 5) is 31.3. The summed E-state index contributed by atoms with van der Waals surface area (Å²) in [5.74, 6) is -1.24. The van der Waals surface area contributed by atoms with E-state index in [9.17, 15) is 14.0 Å². The zero-order valence-corrected chi connectivity index (χ0v) is 21.1. The van der Waals surface area contributed by atoms with Gasteiger partial charge in [0.1, 0.15) is 10.9 Å². The van der Waals surface area contributed by atoms with Crippen LogP contribution in [0, 0.1) is 25.1 Å². The van der Waals surface area contributed by atoms with Gasteiger partial charge in [-0.15, -0.1) is 0 Å². The van der Waals surface area contributed by atoms with Crippen molar-refractivity contribution in [2.45, 2.75) is 20.3 Å². The van der Waals surface area contributed by atoms with Crippen molar-refractivity contribution in [1.29, 1.82) is 5.41 Å². The minimum Gasteiger partial charge on any atom is -0.378 e. The maximum Gasteiger partial charge on any atom is 0.283 e. The Balaban J connectivity index is 1.40. The molecular weight excluding hydrogens is 507 g/mol. The normalized spacial score (nSPS) is 19.1. The number of fused-ring (bicyclic) bond motifs is 1. The number of nitrogens with one attached hydrogen (secondary N) is 1. The van der Waals surface area contributed by atoms with E-state index >= 15 is 0 Å². The van der Waals surface area contributed by atoms with E-state index in [1.807, 2.05) is 24.5 Å². The first-order valence-corrected chi connectivity index (χ1v) is 12.4. The number of carbonyl (C=O) groups excluding carboxylic acids is 2. The lowest BCUT2D eigenvalue weighted by Gasteiger charge is -2.26. The summed E-state index contributed by atoms with van der Waals surface area (Å²) in [5.41, 5.74) is 3.11. The second-order valence-electron chi connectivity index (χ2n) is 8.44. The van der Waals surface area contributed by atoms with E-state index < -0.39 is 11.7 Å². The Labute approximate surface area is 215 Å². The molecule has 2 aromatic rings. The van der Waals surface area contributed by atoms with Gasteiger partial charge in [-0.3, -0.25) is 15.0 Å². The predicted octanol–water partition coefficient (Wildman–Crippen LogP) is 3.75. The van der Waals surface area contributed by atoms with Crippen molar-refractivity contribution in [2.24, 2.45) is 10.1 Å². The van der Waals surface area contributed by atoms with Gasteiger partial charge in [-0.05, 0) is 61.5 Å². The number of morpholine rings is 1. The summed E-state index contributed by atoms with van der Waals surface area (Å²) < 4.78 is 20.8. The number of nitrogens with zero attached hydrogens (tertiary/aromatic N) is 5. The number of aliphatic imine (C=N–C) groups is 1. The molecule has 1 aromatic carbocycles. The third kappa shape index (κ3) is 4.49. The number of amidine groups is 2. The quantitative estimate of drug-likeness (QED) is 0.609. The average Bonchev–Trinajstić information content (AvgIpc) is 3.38. The van der Waals surface area contributed by atoms with Gasteiger partial charge in [-0.2, -0.15) is 15.1 Å². The Kier molecular flexibility index (Phi) is 6.54. The summed E-state index contributed by atoms with van der Waals surface area (Å²) in [6.45, 7) is 5.83. The van der Waals surface area contributed by atoms with Gasteiger partial charge in [0.2, 0.25) is 11.1 Å². The van der Waals surface area contributed by atoms with Gasteiger partial charge in [-0.25, -0.2) is 4.39 Å². The minimum absolute atomic E-state index is 0.0123. The second-order valence-corrected chi connectivity index (χ2v) is 9.89. The number of aromatic nitrogens is 1. The molecule has 0 bridgehead atoms. The third-order valence-electron chi connectivity index (χ3n) is 6.09. The fourth-order valence-corrected chi connectivity index (χ4v) is 5.32. The lowest BCUT2D eigenvalue weighted by Crippen LogP contribution is -2.41. The number of hydrogen-bond donors (Lipinski definition) is 1. The van der Waals surface area contributed by atoms with Gasteiger partial charge in [0.15, 0.2) is 5.84 Å². The molecule has 186 valence electrons. The van der Waals surface area contributed by atoms with Gasteiger partial charge in [-0.1, -0.05) is 11.6 Å². The molecule has 36 heavy (non-hydrogen) atoms. The van der Waals surface area contributed by atoms with Crippen LogP contribution in [-0.4, -0.2) is 68.6 Å². The van der Waals surface area contributed by atoms with Crippen LogP contribution in [0.4, 0.5) is 4.39 Å². The lowest BCUT2D eigenvalue weighted by atomic mass is 10.1. The molecule has 3 aliphatic heterocycles. The molecule has 12 heteroatoms. The van der Waals surface area contributed by atoms with E-state index in [0.29, 0.717) is 42.6 Å². The molecule has 3 aliphatic rings. The molecule has 1 aromatic heterocycles. The maximum absolute atomic E-state index is 13.6. The van der Waals surface area contributed by atoms with E-state index in [-0.39, 0.29) is 33.9 Å². The van der Waals surface area contributed by atoms with E-state index in [0.717, 1.165) is 23.1 Å². The Bertz CT molecular complexity index is 1390. The smallest absolute Gasteiger partial charge is 0.283 e. The van der Waals surface area contributed by atoms with Crippen LogP contribution in [0.1, 0.15) is 23.4 Å². The molecule has 1 fully saturated rings. The first-order valence-electron chi connectivity index (χ1n) is 11.2. The number of hydrogen-bond acceptors (Lipinski definition) is 6. The molecule has 0 unspecified atom stereocenters. The standard InChI is InChI=1S/C24H22ClFN6O3S/c1-13-9-15(14(2)31(13)16-3-4-19(26)18(25)11-16)10-17-22(27)32-24(28-23(17)34)36-20(29-32)12-21(33)30-5-7-35-8-6-30/h3-4,9-11,27H,5-8,12H2,1-2H3/b17-10+,27-22?. The summed E-state index contributed by atoms with van der Waals surface area (Å²) in [5, 5.41) is 15.1. The highest BCUT2D eigenvalue weighted by Gasteiger charge is 2.36. The van der Waals surface area contributed by atoms with Gasteiger partial charge in [0.25, 0.3) is 5.91 Å². The summed E-state index contributed by atoms with van der Waals surface area (Å²) in [7, 11) is 0. The topological polar surface area (TPSA) is 103 Å². The number of aryl methyl sites for hydroxylation is 1. The van der Waals surface area contributed by atoms with E-state index in [2.05, 4.69) is 10.1 Å². The van der Waals surface area contributed by atoms with Crippen molar-refractivity contribution < 1.29 is 18.7 Å². The van der Waals surface area contributed by atoms with Gasteiger partial charge >= 0.3 is 0 Å². The van der Waals surface area contributed by atoms with Crippen LogP contribution in [0.15, 0.2) is 39.9 Å². The molecule has 5 rings (SSSR count). The molecule has 1 N–H and O–H groups in total. The Morgan fingerprint density at radius 2 is 2.03 bits per heavy atom. The van der Waals surface area contributed by atoms with Crippen LogP contribution < -0.4 is 0 Å². The van der Waals surface area contributed by atoms with Gasteiger partial charge in [0.05, 0.1) is 30.2 Å². The number of carbonyl (C=O) groups is 2. The molecular formula is C24H22ClFN6O3S. The Hall–Kier alpha value is -3.28. The van der Waals surface area contributed by atoms with Gasteiger partial charge in [0, 0.05) is 30.2 Å². The maximum atomic E-state index is 13.6. The van der Waals surface area contributed by atoms with Crippen molar-refractivity contribution in [1.82, 2.24) is 14.5 Å². The molecule has 0 saturated carbocycles. The number of rotatable bonds is 4. The van der Waals surface area contributed by atoms with Crippen LogP contribution in [0.2, 0.25) is 5.02 Å². The molecule has 9 nitrogen and oxygen atoms in total. The van der Waals surface area contributed by atoms with Crippen molar-refractivity contribution in [3.8, 4) is 5.69 Å². The van der Waals surface area contributed by atoms with Crippen molar-refractivity contribution >= 4 is 57.3 Å². The van der Waals surface area contributed by atoms with Crippen molar-refractivity contribution in [3.63, 3.8) is 0 Å². The predicted molar refractivity (Wildman–Crippen MR) is 137 cm³/mol. The third-order valence-corrected chi connectivity index (χ3v) is 7.29. The van der Waals surface area contributed by atoms with E-state index in [4.69, 9.17) is 21.7 Å². The number of amides is 2. The zero-order chi connectivity index (χ0) is 25.6. The summed E-state index contributed by atoms with van der Waals surface area (Å²) >= 11 is 7.09. The highest BCUT2D eigenvalue weighted by Crippen LogP contribution is 2.31. The average molecular weight is 529 g/mol. The van der Waals surface area contributed by atoms with Crippen molar-refractivity contribution in [3.05, 3.63) is 57.6 Å². The molecule has 2 amide bonds. The lowest BCUT2D eigenvalue weighted by molar-refractivity contribution is -0.133. The monoisotopic (exact) mass is 528 g/mol. The zero-order valence-electron chi connectivity index (χ0n) is 19.5. The molecule has 1 saturated heterocycles. The number of halogens is 2. The summed E-state index contributed by atoms with van der Waals surface area (Å²) in [6.07, 6.45) is 1.67. The molecule has 0 aliphatic carbocycles. The number of hydrazone groups is 1. The van der Waals surface area contributed by atoms with Crippen molar-refractivity contribution in [2.75, 3.05) is 26.3 Å². The fraction of sp³-hybridized carbons (Fsp3) is 0.292. The SMILES string of the molecule is Cc1cc(/C=C2\C(=N)N3N=C(CC(=O)N4CCOCC4)SC3=NC2=O)c(C)n1-c1ccc(F)c(Cl)c1. The van der Waals surface area contributed by atoms with Crippen LogP contribution in [-0.2, 0) is 14.3 Å². The molecule has 4 heterocycles. The highest BCUT2D eigenvalue weighted by molar-refractivity contribution is 8.27. The first-order chi connectivity index (χ1) is 17.2. The number of thioether (sulfide) groups is 1.